The summed E-state index contributed by atoms with van der Waals surface area (Å²) in [6.45, 7) is 7.78. The first-order valence-corrected chi connectivity index (χ1v) is 4.43. The normalized spacial score (nSPS) is 28.2. The molecule has 0 saturated carbocycles. The van der Waals surface area contributed by atoms with E-state index in [-0.39, 0.29) is 0 Å². The minimum Gasteiger partial charge on any atom is -0.374 e. The molecule has 1 aliphatic rings. The first-order valence-electron chi connectivity index (χ1n) is 4.43. The lowest BCUT2D eigenvalue weighted by molar-refractivity contribution is -0.104. The SMILES string of the molecule is CC1CC(C)(C)CN1/C=C/C=O. The van der Waals surface area contributed by atoms with Gasteiger partial charge in [0.2, 0.25) is 0 Å². The molecule has 0 aliphatic carbocycles. The minimum atomic E-state index is 0.395. The lowest BCUT2D eigenvalue weighted by Gasteiger charge is -2.19. The van der Waals surface area contributed by atoms with E-state index in [9.17, 15) is 4.79 Å². The number of hydrogen-bond donors (Lipinski definition) is 0. The highest BCUT2D eigenvalue weighted by Crippen LogP contribution is 2.33. The van der Waals surface area contributed by atoms with Gasteiger partial charge in [0.05, 0.1) is 0 Å². The highest BCUT2D eigenvalue weighted by atomic mass is 16.1. The van der Waals surface area contributed by atoms with Gasteiger partial charge in [-0.05, 0) is 24.8 Å². The van der Waals surface area contributed by atoms with E-state index in [2.05, 4.69) is 25.7 Å². The monoisotopic (exact) mass is 167 g/mol. The number of hydrogen-bond acceptors (Lipinski definition) is 2. The van der Waals surface area contributed by atoms with Crippen molar-refractivity contribution in [2.24, 2.45) is 5.41 Å². The third-order valence-electron chi connectivity index (χ3n) is 2.38. The smallest absolute Gasteiger partial charge is 0.144 e. The molecular formula is C10H17NO. The molecule has 2 nitrogen and oxygen atoms in total. The van der Waals surface area contributed by atoms with Crippen molar-refractivity contribution >= 4 is 6.29 Å². The van der Waals surface area contributed by atoms with E-state index in [1.165, 1.54) is 6.42 Å². The second kappa shape index (κ2) is 3.30. The summed E-state index contributed by atoms with van der Waals surface area (Å²) in [6, 6.07) is 0.566. The van der Waals surface area contributed by atoms with Crippen molar-refractivity contribution in [3.63, 3.8) is 0 Å². The van der Waals surface area contributed by atoms with Gasteiger partial charge in [-0.25, -0.2) is 0 Å². The molecule has 0 aromatic rings. The molecule has 1 unspecified atom stereocenters. The fraction of sp³-hybridized carbons (Fsp3) is 0.700. The Labute approximate surface area is 74.2 Å². The van der Waals surface area contributed by atoms with Crippen molar-refractivity contribution in [2.45, 2.75) is 33.2 Å². The Kier molecular flexibility index (Phi) is 2.55. The Morgan fingerprint density at radius 2 is 2.17 bits per heavy atom. The zero-order valence-electron chi connectivity index (χ0n) is 8.08. The molecule has 2 heteroatoms. The largest absolute Gasteiger partial charge is 0.374 e. The van der Waals surface area contributed by atoms with Gasteiger partial charge in [0.1, 0.15) is 6.29 Å². The van der Waals surface area contributed by atoms with Crippen LogP contribution in [0.15, 0.2) is 12.3 Å². The zero-order valence-corrected chi connectivity index (χ0v) is 8.08. The predicted octanol–water partition coefficient (Wildman–Crippen LogP) is 1.82. The van der Waals surface area contributed by atoms with Crippen molar-refractivity contribution in [3.05, 3.63) is 12.3 Å². The van der Waals surface area contributed by atoms with Crippen LogP contribution < -0.4 is 0 Å². The Morgan fingerprint density at radius 3 is 2.58 bits per heavy atom. The molecule has 68 valence electrons. The molecule has 1 rings (SSSR count). The summed E-state index contributed by atoms with van der Waals surface area (Å²) in [5.74, 6) is 0. The highest BCUT2D eigenvalue weighted by molar-refractivity contribution is 5.64. The van der Waals surface area contributed by atoms with Crippen molar-refractivity contribution in [2.75, 3.05) is 6.54 Å². The fourth-order valence-corrected chi connectivity index (χ4v) is 1.98. The van der Waals surface area contributed by atoms with Crippen LogP contribution in [-0.4, -0.2) is 23.8 Å². The standard InChI is InChI=1S/C10H17NO/c1-9-7-10(2,3)8-11(9)5-4-6-12/h4-6,9H,7-8H2,1-3H3/b5-4+. The molecular weight excluding hydrogens is 150 g/mol. The average molecular weight is 167 g/mol. The zero-order chi connectivity index (χ0) is 9.19. The summed E-state index contributed by atoms with van der Waals surface area (Å²) in [5.41, 5.74) is 0.395. The Hall–Kier alpha value is -0.790. The van der Waals surface area contributed by atoms with Crippen LogP contribution in [0.4, 0.5) is 0 Å². The maximum absolute atomic E-state index is 10.1. The van der Waals surface area contributed by atoms with Crippen molar-refractivity contribution in [1.29, 1.82) is 0 Å². The summed E-state index contributed by atoms with van der Waals surface area (Å²) >= 11 is 0. The summed E-state index contributed by atoms with van der Waals surface area (Å²) in [6.07, 6.45) is 5.50. The number of rotatable bonds is 2. The van der Waals surface area contributed by atoms with Gasteiger partial charge < -0.3 is 4.90 Å². The summed E-state index contributed by atoms with van der Waals surface area (Å²) in [5, 5.41) is 0. The summed E-state index contributed by atoms with van der Waals surface area (Å²) in [4.78, 5) is 12.3. The van der Waals surface area contributed by atoms with Crippen LogP contribution in [0.5, 0.6) is 0 Å². The van der Waals surface area contributed by atoms with Gasteiger partial charge in [0.25, 0.3) is 0 Å². The van der Waals surface area contributed by atoms with Crippen molar-refractivity contribution in [3.8, 4) is 0 Å². The summed E-state index contributed by atoms with van der Waals surface area (Å²) < 4.78 is 0. The van der Waals surface area contributed by atoms with Gasteiger partial charge in [0.15, 0.2) is 0 Å². The van der Waals surface area contributed by atoms with Gasteiger partial charge in [-0.3, -0.25) is 4.79 Å². The Balaban J connectivity index is 2.57. The molecule has 1 saturated heterocycles. The second-order valence-electron chi connectivity index (χ2n) is 4.37. The molecule has 0 aromatic carbocycles. The van der Waals surface area contributed by atoms with Gasteiger partial charge in [-0.15, -0.1) is 0 Å². The number of aldehydes is 1. The highest BCUT2D eigenvalue weighted by Gasteiger charge is 2.32. The van der Waals surface area contributed by atoms with Crippen LogP contribution in [0.25, 0.3) is 0 Å². The first-order chi connectivity index (χ1) is 5.55. The van der Waals surface area contributed by atoms with Crippen molar-refractivity contribution < 1.29 is 4.79 Å². The number of allylic oxidation sites excluding steroid dienone is 1. The fourth-order valence-electron chi connectivity index (χ4n) is 1.98. The molecule has 1 fully saturated rings. The van der Waals surface area contributed by atoms with Crippen LogP contribution >= 0.6 is 0 Å². The van der Waals surface area contributed by atoms with E-state index in [1.807, 2.05) is 6.20 Å². The van der Waals surface area contributed by atoms with Crippen molar-refractivity contribution in [1.82, 2.24) is 4.90 Å². The van der Waals surface area contributed by atoms with Gasteiger partial charge in [-0.2, -0.15) is 0 Å². The summed E-state index contributed by atoms with van der Waals surface area (Å²) in [7, 11) is 0. The molecule has 1 aliphatic heterocycles. The number of carbonyl (C=O) groups is 1. The van der Waals surface area contributed by atoms with E-state index in [0.717, 1.165) is 12.8 Å². The molecule has 0 spiro atoms. The lowest BCUT2D eigenvalue weighted by Crippen LogP contribution is -2.21. The Bertz CT molecular complexity index is 196. The van der Waals surface area contributed by atoms with E-state index >= 15 is 0 Å². The first kappa shape index (κ1) is 9.30. The Morgan fingerprint density at radius 1 is 1.50 bits per heavy atom. The third-order valence-corrected chi connectivity index (χ3v) is 2.38. The van der Waals surface area contributed by atoms with Crippen LogP contribution in [0.3, 0.4) is 0 Å². The lowest BCUT2D eigenvalue weighted by atomic mass is 9.91. The van der Waals surface area contributed by atoms with Gasteiger partial charge in [0, 0.05) is 18.8 Å². The molecule has 1 heterocycles. The van der Waals surface area contributed by atoms with Gasteiger partial charge in [-0.1, -0.05) is 13.8 Å². The second-order valence-corrected chi connectivity index (χ2v) is 4.37. The predicted molar refractivity (Wildman–Crippen MR) is 49.8 cm³/mol. The van der Waals surface area contributed by atoms with Gasteiger partial charge >= 0.3 is 0 Å². The maximum atomic E-state index is 10.1. The number of likely N-dealkylation sites (tertiary alicyclic amines) is 1. The number of nitrogens with zero attached hydrogens (tertiary/aromatic N) is 1. The molecule has 0 bridgehead atoms. The quantitative estimate of drug-likeness (QED) is 0.462. The van der Waals surface area contributed by atoms with E-state index < -0.39 is 0 Å². The van der Waals surface area contributed by atoms with E-state index in [0.29, 0.717) is 11.5 Å². The molecule has 0 N–H and O–H groups in total. The third kappa shape index (κ3) is 2.10. The van der Waals surface area contributed by atoms with Crippen LogP contribution in [0.1, 0.15) is 27.2 Å². The minimum absolute atomic E-state index is 0.395. The molecule has 1 atom stereocenters. The average Bonchev–Trinajstić information content (AvgIpc) is 2.20. The van der Waals surface area contributed by atoms with Crippen LogP contribution in [0, 0.1) is 5.41 Å². The topological polar surface area (TPSA) is 20.3 Å². The molecule has 12 heavy (non-hydrogen) atoms. The maximum Gasteiger partial charge on any atom is 0.144 e. The molecule has 0 amide bonds. The molecule has 0 radical (unpaired) electrons. The van der Waals surface area contributed by atoms with Crippen LogP contribution in [0.2, 0.25) is 0 Å². The van der Waals surface area contributed by atoms with E-state index in [1.54, 1.807) is 6.08 Å². The van der Waals surface area contributed by atoms with Crippen LogP contribution in [-0.2, 0) is 4.79 Å². The van der Waals surface area contributed by atoms with E-state index in [4.69, 9.17) is 0 Å². The number of carbonyl (C=O) groups excluding carboxylic acids is 1. The molecule has 0 aromatic heterocycles.